The van der Waals surface area contributed by atoms with E-state index in [0.717, 1.165) is 50.1 Å². The van der Waals surface area contributed by atoms with Gasteiger partial charge in [-0.15, -0.1) is 0 Å². The van der Waals surface area contributed by atoms with Gasteiger partial charge in [0.25, 0.3) is 0 Å². The highest BCUT2D eigenvalue weighted by Crippen LogP contribution is 2.34. The van der Waals surface area contributed by atoms with Crippen molar-refractivity contribution in [1.29, 1.82) is 0 Å². The molecule has 146 valence electrons. The maximum absolute atomic E-state index is 5.98. The van der Waals surface area contributed by atoms with Gasteiger partial charge in [-0.1, -0.05) is 19.1 Å². The zero-order valence-corrected chi connectivity index (χ0v) is 17.3. The molecule has 2 rings (SSSR count). The van der Waals surface area contributed by atoms with E-state index in [-0.39, 0.29) is 10.9 Å². The molecule has 0 aliphatic carbocycles. The van der Waals surface area contributed by atoms with Gasteiger partial charge in [-0.2, -0.15) is 11.8 Å². The molecule has 1 aromatic carbocycles. The summed E-state index contributed by atoms with van der Waals surface area (Å²) < 4.78 is 11.8. The van der Waals surface area contributed by atoms with Gasteiger partial charge < -0.3 is 20.1 Å². The van der Waals surface area contributed by atoms with Gasteiger partial charge in [0.05, 0.1) is 6.54 Å². The first-order chi connectivity index (χ1) is 12.6. The monoisotopic (exact) mass is 379 g/mol. The van der Waals surface area contributed by atoms with E-state index in [0.29, 0.717) is 6.54 Å². The zero-order chi connectivity index (χ0) is 18.8. The predicted molar refractivity (Wildman–Crippen MR) is 112 cm³/mol. The van der Waals surface area contributed by atoms with Crippen LogP contribution in [0.1, 0.15) is 32.3 Å². The van der Waals surface area contributed by atoms with Crippen molar-refractivity contribution in [2.45, 2.75) is 44.5 Å². The lowest BCUT2D eigenvalue weighted by atomic mass is 9.99. The number of guanidine groups is 1. The molecule has 0 aromatic heterocycles. The van der Waals surface area contributed by atoms with Gasteiger partial charge in [0, 0.05) is 31.6 Å². The van der Waals surface area contributed by atoms with E-state index in [2.05, 4.69) is 48.5 Å². The molecule has 1 atom stereocenters. The zero-order valence-electron chi connectivity index (χ0n) is 16.5. The Hall–Kier alpha value is -1.40. The largest absolute Gasteiger partial charge is 0.489 e. The summed E-state index contributed by atoms with van der Waals surface area (Å²) in [5, 5.41) is 6.88. The number of benzene rings is 1. The number of rotatable bonds is 8. The summed E-state index contributed by atoms with van der Waals surface area (Å²) in [5.41, 5.74) is 1.20. The Kier molecular flexibility index (Phi) is 8.59. The molecular formula is C20H33N3O2S. The van der Waals surface area contributed by atoms with Crippen molar-refractivity contribution < 1.29 is 9.47 Å². The fourth-order valence-electron chi connectivity index (χ4n) is 3.09. The van der Waals surface area contributed by atoms with Gasteiger partial charge in [0.2, 0.25) is 0 Å². The van der Waals surface area contributed by atoms with Crippen LogP contribution in [0.5, 0.6) is 5.75 Å². The SMILES string of the molecule is CCSC1(CNC(=NC)NCC(C)Oc2cccc(C)c2)CCOCC1. The number of thioether (sulfide) groups is 1. The molecule has 1 heterocycles. The van der Waals surface area contributed by atoms with Crippen LogP contribution in [0.2, 0.25) is 0 Å². The first kappa shape index (κ1) is 20.9. The Labute approximate surface area is 162 Å². The summed E-state index contributed by atoms with van der Waals surface area (Å²) in [6, 6.07) is 8.14. The lowest BCUT2D eigenvalue weighted by Gasteiger charge is -2.37. The van der Waals surface area contributed by atoms with Crippen LogP contribution in [-0.2, 0) is 4.74 Å². The van der Waals surface area contributed by atoms with Crippen LogP contribution in [0.25, 0.3) is 0 Å². The second-order valence-corrected chi connectivity index (χ2v) is 8.51. The molecular weight excluding hydrogens is 346 g/mol. The molecule has 1 saturated heterocycles. The normalized spacial score (nSPS) is 18.2. The van der Waals surface area contributed by atoms with E-state index < -0.39 is 0 Å². The summed E-state index contributed by atoms with van der Waals surface area (Å²) in [7, 11) is 1.81. The van der Waals surface area contributed by atoms with Gasteiger partial charge >= 0.3 is 0 Å². The maximum Gasteiger partial charge on any atom is 0.191 e. The van der Waals surface area contributed by atoms with Gasteiger partial charge in [0.1, 0.15) is 11.9 Å². The van der Waals surface area contributed by atoms with Crippen LogP contribution in [-0.4, -0.2) is 55.9 Å². The Morgan fingerprint density at radius 2 is 2.12 bits per heavy atom. The number of aryl methyl sites for hydroxylation is 1. The summed E-state index contributed by atoms with van der Waals surface area (Å²) in [6.07, 6.45) is 2.22. The lowest BCUT2D eigenvalue weighted by molar-refractivity contribution is 0.0782. The standard InChI is InChI=1S/C20H33N3O2S/c1-5-26-20(9-11-24-12-10-20)15-23-19(21-4)22-14-17(3)25-18-8-6-7-16(2)13-18/h6-8,13,17H,5,9-12,14-15H2,1-4H3,(H2,21,22,23). The Bertz CT molecular complexity index is 568. The smallest absolute Gasteiger partial charge is 0.191 e. The first-order valence-electron chi connectivity index (χ1n) is 9.46. The molecule has 0 saturated carbocycles. The second-order valence-electron chi connectivity index (χ2n) is 6.78. The van der Waals surface area contributed by atoms with Crippen molar-refractivity contribution in [3.63, 3.8) is 0 Å². The van der Waals surface area contributed by atoms with Gasteiger partial charge in [-0.05, 0) is 50.1 Å². The number of aliphatic imine (C=N–C) groups is 1. The topological polar surface area (TPSA) is 54.9 Å². The van der Waals surface area contributed by atoms with Crippen LogP contribution in [0.4, 0.5) is 0 Å². The van der Waals surface area contributed by atoms with Crippen LogP contribution in [0.3, 0.4) is 0 Å². The quantitative estimate of drug-likeness (QED) is 0.536. The minimum Gasteiger partial charge on any atom is -0.489 e. The fourth-order valence-corrected chi connectivity index (χ4v) is 4.33. The van der Waals surface area contributed by atoms with Crippen LogP contribution < -0.4 is 15.4 Å². The number of nitrogens with one attached hydrogen (secondary N) is 2. The summed E-state index contributed by atoms with van der Waals surface area (Å²) in [6.45, 7) is 9.66. The molecule has 6 heteroatoms. The van der Waals surface area contributed by atoms with Crippen LogP contribution >= 0.6 is 11.8 Å². The van der Waals surface area contributed by atoms with Crippen LogP contribution in [0, 0.1) is 6.92 Å². The third kappa shape index (κ3) is 6.72. The Balaban J connectivity index is 1.79. The van der Waals surface area contributed by atoms with E-state index in [1.165, 1.54) is 5.56 Å². The van der Waals surface area contributed by atoms with Crippen molar-refractivity contribution in [1.82, 2.24) is 10.6 Å². The highest BCUT2D eigenvalue weighted by atomic mass is 32.2. The molecule has 0 bridgehead atoms. The highest BCUT2D eigenvalue weighted by Gasteiger charge is 2.32. The summed E-state index contributed by atoms with van der Waals surface area (Å²) in [5.74, 6) is 2.85. The Morgan fingerprint density at radius 1 is 1.35 bits per heavy atom. The summed E-state index contributed by atoms with van der Waals surface area (Å²) >= 11 is 2.03. The molecule has 2 N–H and O–H groups in total. The molecule has 1 aliphatic rings. The van der Waals surface area contributed by atoms with E-state index in [1.807, 2.05) is 30.9 Å². The van der Waals surface area contributed by atoms with E-state index in [4.69, 9.17) is 9.47 Å². The number of hydrogen-bond acceptors (Lipinski definition) is 4. The lowest BCUT2D eigenvalue weighted by Crippen LogP contribution is -2.49. The molecule has 0 radical (unpaired) electrons. The molecule has 1 fully saturated rings. The molecule has 5 nitrogen and oxygen atoms in total. The van der Waals surface area contributed by atoms with Crippen molar-refractivity contribution in [2.24, 2.45) is 4.99 Å². The molecule has 1 unspecified atom stereocenters. The highest BCUT2D eigenvalue weighted by molar-refractivity contribution is 8.00. The average molecular weight is 380 g/mol. The van der Waals surface area contributed by atoms with E-state index in [9.17, 15) is 0 Å². The second kappa shape index (κ2) is 10.7. The molecule has 0 amide bonds. The third-order valence-corrected chi connectivity index (χ3v) is 5.99. The molecule has 1 aliphatic heterocycles. The predicted octanol–water partition coefficient (Wildman–Crippen LogP) is 3.23. The minimum atomic E-state index is 0.0532. The van der Waals surface area contributed by atoms with Gasteiger partial charge in [0.15, 0.2) is 5.96 Å². The van der Waals surface area contributed by atoms with E-state index in [1.54, 1.807) is 0 Å². The van der Waals surface area contributed by atoms with Crippen molar-refractivity contribution in [3.8, 4) is 5.75 Å². The molecule has 0 spiro atoms. The average Bonchev–Trinajstić information content (AvgIpc) is 2.63. The Morgan fingerprint density at radius 3 is 2.77 bits per heavy atom. The number of hydrogen-bond donors (Lipinski definition) is 2. The first-order valence-corrected chi connectivity index (χ1v) is 10.4. The summed E-state index contributed by atoms with van der Waals surface area (Å²) in [4.78, 5) is 4.36. The number of nitrogens with zero attached hydrogens (tertiary/aromatic N) is 1. The van der Waals surface area contributed by atoms with E-state index >= 15 is 0 Å². The van der Waals surface area contributed by atoms with Crippen molar-refractivity contribution in [2.75, 3.05) is 39.1 Å². The third-order valence-electron chi connectivity index (χ3n) is 4.54. The van der Waals surface area contributed by atoms with Gasteiger partial charge in [-0.25, -0.2) is 0 Å². The van der Waals surface area contributed by atoms with Crippen molar-refractivity contribution in [3.05, 3.63) is 29.8 Å². The number of ether oxygens (including phenoxy) is 2. The maximum atomic E-state index is 5.98. The fraction of sp³-hybridized carbons (Fsp3) is 0.650. The van der Waals surface area contributed by atoms with Gasteiger partial charge in [-0.3, -0.25) is 4.99 Å². The molecule has 1 aromatic rings. The minimum absolute atomic E-state index is 0.0532. The van der Waals surface area contributed by atoms with Crippen LogP contribution in [0.15, 0.2) is 29.3 Å². The van der Waals surface area contributed by atoms with Crippen molar-refractivity contribution >= 4 is 17.7 Å². The molecule has 26 heavy (non-hydrogen) atoms.